The van der Waals surface area contributed by atoms with Crippen LogP contribution in [0.15, 0.2) is 47.3 Å². The SMILES string of the molecule is CN(C(=O)C1CC1)C1CCN(C(=O)c2cc(CCc3n[nH]c(=O)c4ccccc34)ccc2F)C1. The Morgan fingerprint density at radius 1 is 1.12 bits per heavy atom. The largest absolute Gasteiger partial charge is 0.341 e. The van der Waals surface area contributed by atoms with E-state index in [0.29, 0.717) is 37.7 Å². The van der Waals surface area contributed by atoms with Crippen LogP contribution in [-0.2, 0) is 17.6 Å². The van der Waals surface area contributed by atoms with E-state index in [1.54, 1.807) is 35.0 Å². The molecule has 1 aromatic heterocycles. The van der Waals surface area contributed by atoms with Gasteiger partial charge in [0, 0.05) is 31.4 Å². The van der Waals surface area contributed by atoms with Gasteiger partial charge in [-0.15, -0.1) is 0 Å². The molecule has 5 rings (SSSR count). The van der Waals surface area contributed by atoms with Gasteiger partial charge in [-0.1, -0.05) is 24.3 Å². The molecule has 0 bridgehead atoms. The van der Waals surface area contributed by atoms with E-state index in [2.05, 4.69) is 10.2 Å². The number of nitrogens with one attached hydrogen (secondary N) is 1. The van der Waals surface area contributed by atoms with Crippen LogP contribution >= 0.6 is 0 Å². The number of H-pyrrole nitrogens is 1. The molecule has 1 saturated heterocycles. The van der Waals surface area contributed by atoms with Crippen molar-refractivity contribution >= 4 is 22.6 Å². The first kappa shape index (κ1) is 22.3. The Morgan fingerprint density at radius 2 is 1.88 bits per heavy atom. The van der Waals surface area contributed by atoms with E-state index < -0.39 is 5.82 Å². The molecule has 7 nitrogen and oxygen atoms in total. The van der Waals surface area contributed by atoms with Crippen LogP contribution in [0.3, 0.4) is 0 Å². The second-order valence-electron chi connectivity index (χ2n) is 9.28. The van der Waals surface area contributed by atoms with Gasteiger partial charge in [0.25, 0.3) is 11.5 Å². The predicted molar refractivity (Wildman–Crippen MR) is 126 cm³/mol. The zero-order valence-electron chi connectivity index (χ0n) is 19.1. The molecule has 2 fully saturated rings. The van der Waals surface area contributed by atoms with Crippen molar-refractivity contribution in [2.75, 3.05) is 20.1 Å². The van der Waals surface area contributed by atoms with Crippen molar-refractivity contribution in [1.29, 1.82) is 0 Å². The predicted octanol–water partition coefficient (Wildman–Crippen LogP) is 2.93. The number of hydrogen-bond acceptors (Lipinski definition) is 4. The lowest BCUT2D eigenvalue weighted by molar-refractivity contribution is -0.133. The maximum atomic E-state index is 14.6. The fourth-order valence-electron chi connectivity index (χ4n) is 4.73. The number of halogens is 1. The first-order valence-electron chi connectivity index (χ1n) is 11.7. The van der Waals surface area contributed by atoms with Gasteiger partial charge in [0.1, 0.15) is 5.82 Å². The van der Waals surface area contributed by atoms with Crippen LogP contribution in [0.4, 0.5) is 4.39 Å². The lowest BCUT2D eigenvalue weighted by Gasteiger charge is -2.25. The number of likely N-dealkylation sites (N-methyl/N-ethyl adjacent to an activating group) is 1. The minimum absolute atomic E-state index is 0.0251. The van der Waals surface area contributed by atoms with E-state index >= 15 is 0 Å². The summed E-state index contributed by atoms with van der Waals surface area (Å²) in [7, 11) is 1.80. The molecule has 2 aliphatic rings. The van der Waals surface area contributed by atoms with Gasteiger partial charge in [-0.25, -0.2) is 9.49 Å². The number of aryl methyl sites for hydroxylation is 2. The van der Waals surface area contributed by atoms with Gasteiger partial charge in [-0.2, -0.15) is 5.10 Å². The van der Waals surface area contributed by atoms with E-state index in [1.165, 1.54) is 6.07 Å². The standard InChI is InChI=1S/C26H27FN4O3/c1-30(25(33)17-8-9-17)18-12-13-31(15-18)26(34)21-14-16(6-10-22(21)27)7-11-23-19-4-2-3-5-20(19)24(32)29-28-23/h2-6,10,14,17-18H,7-9,11-13,15H2,1H3,(H,29,32). The van der Waals surface area contributed by atoms with Crippen molar-refractivity contribution in [3.05, 3.63) is 75.5 Å². The summed E-state index contributed by atoms with van der Waals surface area (Å²) >= 11 is 0. The fourth-order valence-corrected chi connectivity index (χ4v) is 4.73. The van der Waals surface area contributed by atoms with Gasteiger partial charge >= 0.3 is 0 Å². The van der Waals surface area contributed by atoms with E-state index in [0.717, 1.165) is 29.5 Å². The molecular weight excluding hydrogens is 435 g/mol. The highest BCUT2D eigenvalue weighted by Crippen LogP contribution is 2.32. The number of hydrogen-bond donors (Lipinski definition) is 1. The normalized spacial score (nSPS) is 17.8. The molecule has 0 spiro atoms. The number of aromatic nitrogens is 2. The molecule has 8 heteroatoms. The molecule has 1 saturated carbocycles. The maximum Gasteiger partial charge on any atom is 0.272 e. The van der Waals surface area contributed by atoms with Crippen molar-refractivity contribution in [3.63, 3.8) is 0 Å². The van der Waals surface area contributed by atoms with Crippen LogP contribution < -0.4 is 5.56 Å². The Kier molecular flexibility index (Phi) is 5.89. The number of rotatable bonds is 6. The summed E-state index contributed by atoms with van der Waals surface area (Å²) in [5, 5.41) is 8.10. The number of amides is 2. The smallest absolute Gasteiger partial charge is 0.272 e. The first-order chi connectivity index (χ1) is 16.4. The lowest BCUT2D eigenvalue weighted by Crippen LogP contribution is -2.40. The van der Waals surface area contributed by atoms with Gasteiger partial charge < -0.3 is 9.80 Å². The number of aromatic amines is 1. The lowest BCUT2D eigenvalue weighted by atomic mass is 10.0. The Bertz CT molecular complexity index is 1320. The van der Waals surface area contributed by atoms with Crippen LogP contribution in [0.1, 0.15) is 40.9 Å². The summed E-state index contributed by atoms with van der Waals surface area (Å²) in [5.41, 5.74) is 1.38. The van der Waals surface area contributed by atoms with Crippen molar-refractivity contribution in [2.45, 2.75) is 38.1 Å². The third-order valence-electron chi connectivity index (χ3n) is 6.96. The van der Waals surface area contributed by atoms with E-state index in [4.69, 9.17) is 0 Å². The molecule has 1 N–H and O–H groups in total. The van der Waals surface area contributed by atoms with Crippen molar-refractivity contribution in [3.8, 4) is 0 Å². The molecule has 1 aliphatic carbocycles. The molecule has 2 aromatic carbocycles. The van der Waals surface area contributed by atoms with Crippen LogP contribution in [0.25, 0.3) is 10.8 Å². The van der Waals surface area contributed by atoms with Crippen LogP contribution in [0, 0.1) is 11.7 Å². The first-order valence-corrected chi connectivity index (χ1v) is 11.7. The Labute approximate surface area is 196 Å². The highest BCUT2D eigenvalue weighted by molar-refractivity contribution is 5.95. The quantitative estimate of drug-likeness (QED) is 0.610. The van der Waals surface area contributed by atoms with Gasteiger partial charge in [0.2, 0.25) is 5.91 Å². The average molecular weight is 463 g/mol. The monoisotopic (exact) mass is 462 g/mol. The van der Waals surface area contributed by atoms with Crippen molar-refractivity contribution in [2.24, 2.45) is 5.92 Å². The number of carbonyl (C=O) groups excluding carboxylic acids is 2. The second-order valence-corrected chi connectivity index (χ2v) is 9.28. The number of carbonyl (C=O) groups is 2. The zero-order valence-corrected chi connectivity index (χ0v) is 19.1. The molecule has 34 heavy (non-hydrogen) atoms. The summed E-state index contributed by atoms with van der Waals surface area (Å²) < 4.78 is 14.6. The molecule has 176 valence electrons. The minimum Gasteiger partial charge on any atom is -0.341 e. The third kappa shape index (κ3) is 4.32. The number of benzene rings is 2. The van der Waals surface area contributed by atoms with Crippen LogP contribution in [-0.4, -0.2) is 58.0 Å². The zero-order chi connectivity index (χ0) is 23.8. The summed E-state index contributed by atoms with van der Waals surface area (Å²) in [6, 6.07) is 11.9. The number of fused-ring (bicyclic) bond motifs is 1. The molecule has 0 radical (unpaired) electrons. The number of likely N-dealkylation sites (tertiary alicyclic amines) is 1. The van der Waals surface area contributed by atoms with Gasteiger partial charge in [0.15, 0.2) is 0 Å². The Morgan fingerprint density at radius 3 is 2.65 bits per heavy atom. The third-order valence-corrected chi connectivity index (χ3v) is 6.96. The van der Waals surface area contributed by atoms with E-state index in [1.807, 2.05) is 18.2 Å². The minimum atomic E-state index is -0.549. The molecular formula is C26H27FN4O3. The van der Waals surface area contributed by atoms with E-state index in [9.17, 15) is 18.8 Å². The Hall–Kier alpha value is -3.55. The molecule has 2 amide bonds. The average Bonchev–Trinajstić information content (AvgIpc) is 3.59. The van der Waals surface area contributed by atoms with Crippen molar-refractivity contribution in [1.82, 2.24) is 20.0 Å². The molecule has 1 atom stereocenters. The molecule has 1 aliphatic heterocycles. The summed E-state index contributed by atoms with van der Waals surface area (Å²) in [6.07, 6.45) is 3.68. The maximum absolute atomic E-state index is 14.6. The van der Waals surface area contributed by atoms with E-state index in [-0.39, 0.29) is 34.9 Å². The highest BCUT2D eigenvalue weighted by atomic mass is 19.1. The van der Waals surface area contributed by atoms with Crippen molar-refractivity contribution < 1.29 is 14.0 Å². The van der Waals surface area contributed by atoms with Crippen LogP contribution in [0.5, 0.6) is 0 Å². The summed E-state index contributed by atoms with van der Waals surface area (Å²) in [6.45, 7) is 0.924. The molecule has 3 aromatic rings. The molecule has 1 unspecified atom stereocenters. The fraction of sp³-hybridized carbons (Fsp3) is 0.385. The topological polar surface area (TPSA) is 86.4 Å². The second kappa shape index (κ2) is 9.00. The summed E-state index contributed by atoms with van der Waals surface area (Å²) in [5.74, 6) is -0.609. The molecule has 2 heterocycles. The van der Waals surface area contributed by atoms with Gasteiger partial charge in [0.05, 0.1) is 22.7 Å². The highest BCUT2D eigenvalue weighted by Gasteiger charge is 2.38. The van der Waals surface area contributed by atoms with Crippen LogP contribution in [0.2, 0.25) is 0 Å². The van der Waals surface area contributed by atoms with Gasteiger partial charge in [-0.3, -0.25) is 14.4 Å². The summed E-state index contributed by atoms with van der Waals surface area (Å²) in [4.78, 5) is 40.9. The number of nitrogens with zero attached hydrogens (tertiary/aromatic N) is 3. The Balaban J connectivity index is 1.29. The van der Waals surface area contributed by atoms with Gasteiger partial charge in [-0.05, 0) is 55.9 Å².